The molecule has 0 amide bonds. The molecule has 2 N–H and O–H groups in total. The van der Waals surface area contributed by atoms with Gasteiger partial charge in [0.1, 0.15) is 12.4 Å². The second-order valence-corrected chi connectivity index (χ2v) is 7.66. The fraction of sp³-hybridized carbons (Fsp3) is 0.304. The number of piperidine rings is 1. The van der Waals surface area contributed by atoms with Crippen LogP contribution in [0.5, 0.6) is 23.1 Å². The number of fused-ring (bicyclic) bond motifs is 2. The Balaban J connectivity index is 1.51. The van der Waals surface area contributed by atoms with Crippen LogP contribution in [0.25, 0.3) is 21.8 Å². The largest absolute Gasteiger partial charge is 0.493 e. The van der Waals surface area contributed by atoms with Crippen molar-refractivity contribution >= 4 is 21.8 Å². The van der Waals surface area contributed by atoms with Crippen molar-refractivity contribution in [2.24, 2.45) is 0 Å². The van der Waals surface area contributed by atoms with E-state index in [-0.39, 0.29) is 17.7 Å². The Kier molecular flexibility index (Phi) is 5.07. The summed E-state index contributed by atoms with van der Waals surface area (Å²) < 4.78 is 32.6. The minimum Gasteiger partial charge on any atom is -0.493 e. The van der Waals surface area contributed by atoms with Crippen LogP contribution in [0.2, 0.25) is 0 Å². The van der Waals surface area contributed by atoms with Gasteiger partial charge in [0.05, 0.1) is 18.0 Å². The smallest absolute Gasteiger partial charge is 0.230 e. The summed E-state index contributed by atoms with van der Waals surface area (Å²) in [5, 5.41) is 4.41. The number of methoxy groups -OCH3 is 1. The highest BCUT2D eigenvalue weighted by Gasteiger charge is 2.20. The van der Waals surface area contributed by atoms with Gasteiger partial charge in [-0.05, 0) is 57.1 Å². The van der Waals surface area contributed by atoms with Crippen LogP contribution in [0.15, 0.2) is 36.7 Å². The van der Waals surface area contributed by atoms with E-state index in [1.165, 1.54) is 6.33 Å². The first-order valence-corrected chi connectivity index (χ1v) is 10.3. The SMILES string of the molecule is COc1cc2c(Oc3ccc4[nH]c(C)cc4c3F)ncnc2cc1OC1CCNCC1. The average molecular weight is 422 g/mol. The van der Waals surface area contributed by atoms with E-state index in [0.29, 0.717) is 27.8 Å². The molecule has 5 rings (SSSR count). The van der Waals surface area contributed by atoms with Gasteiger partial charge in [0.2, 0.25) is 5.88 Å². The van der Waals surface area contributed by atoms with Crippen LogP contribution in [-0.2, 0) is 0 Å². The lowest BCUT2D eigenvalue weighted by Gasteiger charge is -2.24. The first-order valence-electron chi connectivity index (χ1n) is 10.3. The number of benzene rings is 2. The van der Waals surface area contributed by atoms with E-state index in [9.17, 15) is 0 Å². The van der Waals surface area contributed by atoms with Crippen LogP contribution in [0, 0.1) is 12.7 Å². The number of nitrogens with one attached hydrogen (secondary N) is 2. The zero-order valence-corrected chi connectivity index (χ0v) is 17.4. The Labute approximate surface area is 178 Å². The van der Waals surface area contributed by atoms with Crippen molar-refractivity contribution in [3.8, 4) is 23.1 Å². The molecule has 1 aliphatic heterocycles. The summed E-state index contributed by atoms with van der Waals surface area (Å²) in [6.45, 7) is 3.74. The fourth-order valence-electron chi connectivity index (χ4n) is 3.94. The maximum absolute atomic E-state index is 15.0. The van der Waals surface area contributed by atoms with E-state index in [2.05, 4.69) is 20.3 Å². The number of halogens is 1. The zero-order chi connectivity index (χ0) is 21.4. The second-order valence-electron chi connectivity index (χ2n) is 7.66. The molecule has 0 bridgehead atoms. The number of nitrogens with zero attached hydrogens (tertiary/aromatic N) is 2. The van der Waals surface area contributed by atoms with Gasteiger partial charge in [-0.15, -0.1) is 0 Å². The van der Waals surface area contributed by atoms with Gasteiger partial charge in [0, 0.05) is 22.7 Å². The Morgan fingerprint density at radius 1 is 1.00 bits per heavy atom. The van der Waals surface area contributed by atoms with Crippen molar-refractivity contribution in [2.75, 3.05) is 20.2 Å². The van der Waals surface area contributed by atoms with Gasteiger partial charge < -0.3 is 24.5 Å². The third-order valence-corrected chi connectivity index (χ3v) is 5.51. The lowest BCUT2D eigenvalue weighted by atomic mass is 10.1. The molecule has 0 unspecified atom stereocenters. The van der Waals surface area contributed by atoms with Crippen molar-refractivity contribution in [3.05, 3.63) is 48.2 Å². The highest BCUT2D eigenvalue weighted by Crippen LogP contribution is 2.38. The Morgan fingerprint density at radius 3 is 2.65 bits per heavy atom. The van der Waals surface area contributed by atoms with Gasteiger partial charge >= 0.3 is 0 Å². The molecular formula is C23H23FN4O3. The normalized spacial score (nSPS) is 14.8. The van der Waals surface area contributed by atoms with Gasteiger partial charge in [-0.2, -0.15) is 0 Å². The summed E-state index contributed by atoms with van der Waals surface area (Å²) in [7, 11) is 1.59. The van der Waals surface area contributed by atoms with Crippen LogP contribution in [-0.4, -0.2) is 41.3 Å². The van der Waals surface area contributed by atoms with Crippen LogP contribution in [0.3, 0.4) is 0 Å². The van der Waals surface area contributed by atoms with E-state index < -0.39 is 5.82 Å². The number of hydrogen-bond donors (Lipinski definition) is 2. The number of rotatable bonds is 5. The molecule has 31 heavy (non-hydrogen) atoms. The Hall–Kier alpha value is -3.39. The van der Waals surface area contributed by atoms with Crippen molar-refractivity contribution in [1.29, 1.82) is 0 Å². The molecule has 7 nitrogen and oxygen atoms in total. The monoisotopic (exact) mass is 422 g/mol. The molecule has 0 radical (unpaired) electrons. The highest BCUT2D eigenvalue weighted by atomic mass is 19.1. The molecule has 2 aromatic carbocycles. The summed E-state index contributed by atoms with van der Waals surface area (Å²) in [5.74, 6) is 1.10. The minimum absolute atomic E-state index is 0.0977. The predicted octanol–water partition coefficient (Wildman–Crippen LogP) is 4.49. The Morgan fingerprint density at radius 2 is 1.84 bits per heavy atom. The van der Waals surface area contributed by atoms with E-state index in [0.717, 1.165) is 37.1 Å². The summed E-state index contributed by atoms with van der Waals surface area (Å²) >= 11 is 0. The summed E-state index contributed by atoms with van der Waals surface area (Å²) in [5.41, 5.74) is 2.23. The summed E-state index contributed by atoms with van der Waals surface area (Å²) in [4.78, 5) is 11.7. The number of H-pyrrole nitrogens is 1. The molecule has 3 heterocycles. The maximum Gasteiger partial charge on any atom is 0.230 e. The fourth-order valence-corrected chi connectivity index (χ4v) is 3.94. The molecule has 0 aliphatic carbocycles. The topological polar surface area (TPSA) is 81.3 Å². The van der Waals surface area contributed by atoms with E-state index >= 15 is 4.39 Å². The molecule has 1 aliphatic rings. The quantitative estimate of drug-likeness (QED) is 0.493. The Bertz CT molecular complexity index is 1250. The first-order chi connectivity index (χ1) is 15.1. The number of aromatic nitrogens is 3. The minimum atomic E-state index is -0.438. The van der Waals surface area contributed by atoms with Crippen molar-refractivity contribution in [1.82, 2.24) is 20.3 Å². The van der Waals surface area contributed by atoms with Gasteiger partial charge in [0.15, 0.2) is 23.1 Å². The molecule has 0 atom stereocenters. The first kappa shape index (κ1) is 19.6. The maximum atomic E-state index is 15.0. The van der Waals surface area contributed by atoms with Crippen LogP contribution < -0.4 is 19.5 Å². The lowest BCUT2D eigenvalue weighted by Crippen LogP contribution is -2.34. The summed E-state index contributed by atoms with van der Waals surface area (Å²) in [6, 6.07) is 8.73. The second kappa shape index (κ2) is 8.03. The predicted molar refractivity (Wildman–Crippen MR) is 116 cm³/mol. The summed E-state index contributed by atoms with van der Waals surface area (Å²) in [6.07, 6.45) is 3.38. The van der Waals surface area contributed by atoms with Crippen LogP contribution in [0.1, 0.15) is 18.5 Å². The molecule has 2 aromatic heterocycles. The highest BCUT2D eigenvalue weighted by molar-refractivity contribution is 5.87. The molecule has 0 saturated carbocycles. The van der Waals surface area contributed by atoms with E-state index in [1.807, 2.05) is 13.0 Å². The van der Waals surface area contributed by atoms with Crippen molar-refractivity contribution in [2.45, 2.75) is 25.9 Å². The van der Waals surface area contributed by atoms with Gasteiger partial charge in [-0.25, -0.2) is 14.4 Å². The number of aromatic amines is 1. The standard InChI is InChI=1S/C23H23FN4O3/c1-13-9-15-17(28-13)3-4-19(22(15)24)31-23-16-10-20(29-2)21(11-18(16)26-12-27-23)30-14-5-7-25-8-6-14/h3-4,9-12,14,25,28H,5-8H2,1-2H3. The lowest BCUT2D eigenvalue weighted by molar-refractivity contribution is 0.157. The van der Waals surface area contributed by atoms with E-state index in [1.54, 1.807) is 31.4 Å². The number of hydrogen-bond acceptors (Lipinski definition) is 6. The molecular weight excluding hydrogens is 399 g/mol. The zero-order valence-electron chi connectivity index (χ0n) is 17.4. The van der Waals surface area contributed by atoms with Gasteiger partial charge in [-0.1, -0.05) is 0 Å². The van der Waals surface area contributed by atoms with Crippen LogP contribution >= 0.6 is 0 Å². The molecule has 8 heteroatoms. The molecule has 160 valence electrons. The average Bonchev–Trinajstić information content (AvgIpc) is 3.17. The molecule has 4 aromatic rings. The number of ether oxygens (including phenoxy) is 3. The van der Waals surface area contributed by atoms with E-state index in [4.69, 9.17) is 14.2 Å². The third-order valence-electron chi connectivity index (χ3n) is 5.51. The molecule has 0 spiro atoms. The van der Waals surface area contributed by atoms with Crippen molar-refractivity contribution in [3.63, 3.8) is 0 Å². The van der Waals surface area contributed by atoms with Crippen molar-refractivity contribution < 1.29 is 18.6 Å². The van der Waals surface area contributed by atoms with Crippen LogP contribution in [0.4, 0.5) is 4.39 Å². The van der Waals surface area contributed by atoms with Gasteiger partial charge in [0.25, 0.3) is 0 Å². The number of aryl methyl sites for hydroxylation is 1. The molecule has 1 saturated heterocycles. The van der Waals surface area contributed by atoms with Gasteiger partial charge in [-0.3, -0.25) is 0 Å². The molecule has 1 fully saturated rings. The third kappa shape index (κ3) is 3.74.